The standard InChI is InChI=1S/C14H20ClNO3.C2H6/c1-11-8-12(15)2-3-14(11)19-10-13-9-16(4-6-17)5-7-18-13;1-2/h2-3,8,13,17H,4-7,9-10H2,1H3;1-2H3. The van der Waals surface area contributed by atoms with E-state index in [0.29, 0.717) is 24.8 Å². The molecule has 120 valence electrons. The summed E-state index contributed by atoms with van der Waals surface area (Å²) in [4.78, 5) is 2.19. The van der Waals surface area contributed by atoms with Crippen LogP contribution in [0.4, 0.5) is 0 Å². The number of hydrogen-bond donors (Lipinski definition) is 1. The van der Waals surface area contributed by atoms with Crippen LogP contribution in [0.3, 0.4) is 0 Å². The van der Waals surface area contributed by atoms with E-state index in [-0.39, 0.29) is 12.7 Å². The Morgan fingerprint density at radius 3 is 2.86 bits per heavy atom. The smallest absolute Gasteiger partial charge is 0.122 e. The summed E-state index contributed by atoms with van der Waals surface area (Å²) in [5.74, 6) is 0.840. The molecule has 5 heteroatoms. The molecule has 2 rings (SSSR count). The number of nitrogens with zero attached hydrogens (tertiary/aromatic N) is 1. The lowest BCUT2D eigenvalue weighted by atomic mass is 10.2. The second kappa shape index (κ2) is 10.0. The zero-order valence-electron chi connectivity index (χ0n) is 13.1. The fourth-order valence-electron chi connectivity index (χ4n) is 2.18. The molecule has 1 saturated heterocycles. The highest BCUT2D eigenvalue weighted by molar-refractivity contribution is 6.30. The molecular weight excluding hydrogens is 290 g/mol. The molecule has 0 saturated carbocycles. The maximum absolute atomic E-state index is 8.95. The van der Waals surface area contributed by atoms with Crippen molar-refractivity contribution in [1.29, 1.82) is 0 Å². The van der Waals surface area contributed by atoms with Crippen molar-refractivity contribution in [2.75, 3.05) is 39.5 Å². The van der Waals surface area contributed by atoms with Crippen LogP contribution in [0.2, 0.25) is 5.02 Å². The summed E-state index contributed by atoms with van der Waals surface area (Å²) >= 11 is 5.91. The summed E-state index contributed by atoms with van der Waals surface area (Å²) in [5, 5.41) is 9.66. The summed E-state index contributed by atoms with van der Waals surface area (Å²) in [6, 6.07) is 5.59. The lowest BCUT2D eigenvalue weighted by Crippen LogP contribution is -2.45. The Bertz CT molecular complexity index is 413. The van der Waals surface area contributed by atoms with Gasteiger partial charge in [0.1, 0.15) is 18.5 Å². The van der Waals surface area contributed by atoms with Crippen molar-refractivity contribution in [3.8, 4) is 5.75 Å². The predicted octanol–water partition coefficient (Wildman–Crippen LogP) is 2.75. The Morgan fingerprint density at radius 1 is 1.43 bits per heavy atom. The van der Waals surface area contributed by atoms with Crippen molar-refractivity contribution in [2.45, 2.75) is 26.9 Å². The average Bonchev–Trinajstić information content (AvgIpc) is 2.49. The molecule has 0 radical (unpaired) electrons. The van der Waals surface area contributed by atoms with E-state index in [1.165, 1.54) is 0 Å². The molecule has 0 spiro atoms. The molecule has 1 aliphatic heterocycles. The van der Waals surface area contributed by atoms with E-state index in [1.54, 1.807) is 0 Å². The zero-order chi connectivity index (χ0) is 15.7. The van der Waals surface area contributed by atoms with Crippen molar-refractivity contribution in [3.05, 3.63) is 28.8 Å². The maximum atomic E-state index is 8.95. The number of aliphatic hydroxyl groups excluding tert-OH is 1. The lowest BCUT2D eigenvalue weighted by Gasteiger charge is -2.32. The molecule has 0 aromatic heterocycles. The van der Waals surface area contributed by atoms with E-state index in [4.69, 9.17) is 26.2 Å². The van der Waals surface area contributed by atoms with E-state index >= 15 is 0 Å². The Labute approximate surface area is 132 Å². The van der Waals surface area contributed by atoms with Gasteiger partial charge >= 0.3 is 0 Å². The first-order chi connectivity index (χ1) is 10.2. The zero-order valence-corrected chi connectivity index (χ0v) is 13.9. The molecule has 1 heterocycles. The third-order valence-corrected chi connectivity index (χ3v) is 3.44. The van der Waals surface area contributed by atoms with Gasteiger partial charge in [-0.15, -0.1) is 0 Å². The van der Waals surface area contributed by atoms with E-state index in [2.05, 4.69) is 4.90 Å². The van der Waals surface area contributed by atoms with E-state index in [0.717, 1.165) is 24.4 Å². The molecule has 1 unspecified atom stereocenters. The Balaban J connectivity index is 0.00000106. The first-order valence-electron chi connectivity index (χ1n) is 7.53. The van der Waals surface area contributed by atoms with Crippen LogP contribution in [-0.4, -0.2) is 55.6 Å². The number of rotatable bonds is 5. The molecule has 1 fully saturated rings. The highest BCUT2D eigenvalue weighted by atomic mass is 35.5. The van der Waals surface area contributed by atoms with Crippen LogP contribution < -0.4 is 4.74 Å². The van der Waals surface area contributed by atoms with Gasteiger partial charge in [-0.05, 0) is 30.7 Å². The number of ether oxygens (including phenoxy) is 2. The van der Waals surface area contributed by atoms with E-state index < -0.39 is 0 Å². The molecule has 1 aromatic carbocycles. The largest absolute Gasteiger partial charge is 0.491 e. The number of aliphatic hydroxyl groups is 1. The molecule has 0 bridgehead atoms. The monoisotopic (exact) mass is 315 g/mol. The Kier molecular flexibility index (Phi) is 8.69. The Morgan fingerprint density at radius 2 is 2.19 bits per heavy atom. The van der Waals surface area contributed by atoms with Gasteiger partial charge in [0.05, 0.1) is 13.2 Å². The fourth-order valence-corrected chi connectivity index (χ4v) is 2.41. The molecule has 1 aliphatic rings. The topological polar surface area (TPSA) is 41.9 Å². The van der Waals surface area contributed by atoms with Crippen molar-refractivity contribution in [1.82, 2.24) is 4.90 Å². The number of hydrogen-bond acceptors (Lipinski definition) is 4. The summed E-state index contributed by atoms with van der Waals surface area (Å²) in [6.07, 6.45) is 0.0513. The number of aryl methyl sites for hydroxylation is 1. The van der Waals surface area contributed by atoms with Gasteiger partial charge in [-0.25, -0.2) is 0 Å². The summed E-state index contributed by atoms with van der Waals surface area (Å²) in [6.45, 7) is 9.73. The number of β-amino-alcohol motifs (C(OH)–C–C–N with tert-alkyl or cyclic N) is 1. The molecule has 1 aromatic rings. The van der Waals surface area contributed by atoms with Crippen LogP contribution >= 0.6 is 11.6 Å². The summed E-state index contributed by atoms with van der Waals surface area (Å²) in [7, 11) is 0. The predicted molar refractivity (Wildman–Crippen MR) is 86.3 cm³/mol. The van der Waals surface area contributed by atoms with Crippen LogP contribution in [0, 0.1) is 6.92 Å². The molecule has 21 heavy (non-hydrogen) atoms. The van der Waals surface area contributed by atoms with Crippen molar-refractivity contribution in [3.63, 3.8) is 0 Å². The van der Waals surface area contributed by atoms with Gasteiger partial charge in [0.2, 0.25) is 0 Å². The second-order valence-corrected chi connectivity index (χ2v) is 5.17. The van der Waals surface area contributed by atoms with Crippen LogP contribution in [0.25, 0.3) is 0 Å². The van der Waals surface area contributed by atoms with Gasteiger partial charge in [-0.2, -0.15) is 0 Å². The minimum atomic E-state index is 0.0513. The normalized spacial score (nSPS) is 18.8. The van der Waals surface area contributed by atoms with Crippen LogP contribution in [-0.2, 0) is 4.74 Å². The van der Waals surface area contributed by atoms with Gasteiger partial charge in [-0.1, -0.05) is 25.4 Å². The number of morpholine rings is 1. The molecular formula is C16H26ClNO3. The third-order valence-electron chi connectivity index (χ3n) is 3.20. The first kappa shape index (κ1) is 18.2. The Hall–Kier alpha value is -0.810. The summed E-state index contributed by atoms with van der Waals surface area (Å²) in [5.41, 5.74) is 1.02. The summed E-state index contributed by atoms with van der Waals surface area (Å²) < 4.78 is 11.5. The minimum Gasteiger partial charge on any atom is -0.491 e. The van der Waals surface area contributed by atoms with Crippen LogP contribution in [0.15, 0.2) is 18.2 Å². The van der Waals surface area contributed by atoms with Crippen molar-refractivity contribution in [2.24, 2.45) is 0 Å². The van der Waals surface area contributed by atoms with E-state index in [1.807, 2.05) is 39.0 Å². The number of halogens is 1. The third kappa shape index (κ3) is 6.22. The van der Waals surface area contributed by atoms with Gasteiger partial charge in [-0.3, -0.25) is 4.90 Å². The highest BCUT2D eigenvalue weighted by Crippen LogP contribution is 2.22. The highest BCUT2D eigenvalue weighted by Gasteiger charge is 2.20. The molecule has 1 N–H and O–H groups in total. The molecule has 4 nitrogen and oxygen atoms in total. The van der Waals surface area contributed by atoms with Gasteiger partial charge in [0.15, 0.2) is 0 Å². The maximum Gasteiger partial charge on any atom is 0.122 e. The fraction of sp³-hybridized carbons (Fsp3) is 0.625. The van der Waals surface area contributed by atoms with Gasteiger partial charge < -0.3 is 14.6 Å². The lowest BCUT2D eigenvalue weighted by molar-refractivity contribution is -0.0509. The minimum absolute atomic E-state index is 0.0513. The van der Waals surface area contributed by atoms with Crippen molar-refractivity contribution < 1.29 is 14.6 Å². The van der Waals surface area contributed by atoms with Crippen molar-refractivity contribution >= 4 is 11.6 Å². The molecule has 0 aliphatic carbocycles. The van der Waals surface area contributed by atoms with E-state index in [9.17, 15) is 0 Å². The second-order valence-electron chi connectivity index (χ2n) is 4.74. The van der Waals surface area contributed by atoms with Crippen LogP contribution in [0.1, 0.15) is 19.4 Å². The van der Waals surface area contributed by atoms with Gasteiger partial charge in [0.25, 0.3) is 0 Å². The van der Waals surface area contributed by atoms with Crippen LogP contribution in [0.5, 0.6) is 5.75 Å². The quantitative estimate of drug-likeness (QED) is 0.907. The van der Waals surface area contributed by atoms with Gasteiger partial charge in [0, 0.05) is 24.7 Å². The SMILES string of the molecule is CC.Cc1cc(Cl)ccc1OCC1CN(CCO)CCO1. The first-order valence-corrected chi connectivity index (χ1v) is 7.90. The average molecular weight is 316 g/mol. The molecule has 0 amide bonds. The number of benzene rings is 1. The molecule has 1 atom stereocenters.